The van der Waals surface area contributed by atoms with E-state index in [0.29, 0.717) is 30.7 Å². The average molecular weight is 449 g/mol. The molecular formula is C22H28N2O6S. The molecule has 0 aromatic heterocycles. The Kier molecular flexibility index (Phi) is 7.48. The monoisotopic (exact) mass is 448 g/mol. The first-order valence-electron chi connectivity index (χ1n) is 10.6. The predicted molar refractivity (Wildman–Crippen MR) is 117 cm³/mol. The van der Waals surface area contributed by atoms with E-state index < -0.39 is 20.9 Å². The summed E-state index contributed by atoms with van der Waals surface area (Å²) in [6.07, 6.45) is 9.33. The molecule has 0 heterocycles. The second kappa shape index (κ2) is 10.1. The van der Waals surface area contributed by atoms with Crippen LogP contribution in [0, 0.1) is 22.0 Å². The van der Waals surface area contributed by atoms with E-state index in [1.165, 1.54) is 12.1 Å². The van der Waals surface area contributed by atoms with Crippen molar-refractivity contribution in [1.82, 2.24) is 4.72 Å². The molecule has 8 nitrogen and oxygen atoms in total. The molecule has 0 amide bonds. The van der Waals surface area contributed by atoms with Gasteiger partial charge in [0.15, 0.2) is 0 Å². The fraction of sp³-hybridized carbons (Fsp3) is 0.500. The van der Waals surface area contributed by atoms with Crippen molar-refractivity contribution in [2.45, 2.75) is 51.4 Å². The number of hydrogen-bond acceptors (Lipinski definition) is 5. The molecule has 0 spiro atoms. The maximum atomic E-state index is 12.7. The van der Waals surface area contributed by atoms with Gasteiger partial charge in [0.1, 0.15) is 0 Å². The molecule has 31 heavy (non-hydrogen) atoms. The number of rotatable bonds is 12. The first-order chi connectivity index (χ1) is 14.7. The maximum absolute atomic E-state index is 12.7. The largest absolute Gasteiger partial charge is 0.481 e. The number of nitro benzene ring substituents is 1. The van der Waals surface area contributed by atoms with Gasteiger partial charge in [-0.15, -0.1) is 0 Å². The van der Waals surface area contributed by atoms with E-state index >= 15 is 0 Å². The Morgan fingerprint density at radius 1 is 1.26 bits per heavy atom. The van der Waals surface area contributed by atoms with E-state index in [4.69, 9.17) is 5.11 Å². The summed E-state index contributed by atoms with van der Waals surface area (Å²) in [5.41, 5.74) is 2.54. The Balaban J connectivity index is 1.61. The molecule has 1 fully saturated rings. The number of carboxylic acid groups (broad SMARTS) is 1. The van der Waals surface area contributed by atoms with Gasteiger partial charge in [0, 0.05) is 30.2 Å². The number of sulfonamides is 1. The number of nitro groups is 1. The van der Waals surface area contributed by atoms with E-state index in [9.17, 15) is 23.3 Å². The second-order valence-electron chi connectivity index (χ2n) is 8.21. The van der Waals surface area contributed by atoms with Crippen molar-refractivity contribution in [3.8, 4) is 0 Å². The van der Waals surface area contributed by atoms with Crippen LogP contribution in [0.2, 0.25) is 0 Å². The molecule has 1 aromatic carbocycles. The number of nitrogens with one attached hydrogen (secondary N) is 1. The first-order valence-corrected chi connectivity index (χ1v) is 12.2. The van der Waals surface area contributed by atoms with Crippen LogP contribution in [0.1, 0.15) is 50.5 Å². The Labute approximate surface area is 182 Å². The Bertz CT molecular complexity index is 999. The SMILES string of the molecule is O=C(O)CCCC=CCC1=C(NS(=O)(=O)CCc2cccc([N+](=O)[O-])c2)C2CCC1C2. The third kappa shape index (κ3) is 6.40. The normalized spacial score (nSPS) is 20.5. The molecule has 3 rings (SSSR count). The summed E-state index contributed by atoms with van der Waals surface area (Å²) in [7, 11) is -3.57. The summed E-state index contributed by atoms with van der Waals surface area (Å²) in [4.78, 5) is 21.0. The van der Waals surface area contributed by atoms with Gasteiger partial charge in [-0.3, -0.25) is 19.6 Å². The molecule has 2 atom stereocenters. The number of unbranched alkanes of at least 4 members (excludes halogenated alkanes) is 1. The molecule has 0 saturated heterocycles. The summed E-state index contributed by atoms with van der Waals surface area (Å²) in [6, 6.07) is 6.05. The van der Waals surface area contributed by atoms with Crippen molar-refractivity contribution in [3.05, 3.63) is 63.4 Å². The molecule has 2 bridgehead atoms. The van der Waals surface area contributed by atoms with E-state index in [2.05, 4.69) is 4.72 Å². The van der Waals surface area contributed by atoms with E-state index in [0.717, 1.165) is 30.5 Å². The van der Waals surface area contributed by atoms with Gasteiger partial charge in [-0.2, -0.15) is 0 Å². The number of allylic oxidation sites excluding steroid dienone is 4. The van der Waals surface area contributed by atoms with Crippen LogP contribution in [0.5, 0.6) is 0 Å². The zero-order valence-corrected chi connectivity index (χ0v) is 18.1. The zero-order chi connectivity index (χ0) is 22.4. The second-order valence-corrected chi connectivity index (χ2v) is 10.0. The van der Waals surface area contributed by atoms with Gasteiger partial charge in [-0.25, -0.2) is 8.42 Å². The van der Waals surface area contributed by atoms with E-state index in [1.54, 1.807) is 12.1 Å². The quantitative estimate of drug-likeness (QED) is 0.216. The molecule has 168 valence electrons. The van der Waals surface area contributed by atoms with Gasteiger partial charge in [-0.05, 0) is 62.0 Å². The number of fused-ring (bicyclic) bond motifs is 2. The van der Waals surface area contributed by atoms with Crippen molar-refractivity contribution >= 4 is 21.7 Å². The highest BCUT2D eigenvalue weighted by molar-refractivity contribution is 7.89. The molecule has 1 saturated carbocycles. The van der Waals surface area contributed by atoms with Gasteiger partial charge >= 0.3 is 5.97 Å². The number of hydrogen-bond donors (Lipinski definition) is 2. The fourth-order valence-electron chi connectivity index (χ4n) is 4.46. The molecule has 9 heteroatoms. The lowest BCUT2D eigenvalue weighted by atomic mass is 9.93. The molecule has 0 radical (unpaired) electrons. The maximum Gasteiger partial charge on any atom is 0.303 e. The summed E-state index contributed by atoms with van der Waals surface area (Å²) < 4.78 is 28.3. The lowest BCUT2D eigenvalue weighted by molar-refractivity contribution is -0.384. The minimum absolute atomic E-state index is 0.0453. The molecule has 0 aliphatic heterocycles. The zero-order valence-electron chi connectivity index (χ0n) is 17.3. The number of aryl methyl sites for hydroxylation is 1. The number of aliphatic carboxylic acids is 1. The third-order valence-corrected chi connectivity index (χ3v) is 7.26. The third-order valence-electron chi connectivity index (χ3n) is 5.99. The lowest BCUT2D eigenvalue weighted by Gasteiger charge is -2.21. The topological polar surface area (TPSA) is 127 Å². The van der Waals surface area contributed by atoms with Crippen LogP contribution in [0.15, 0.2) is 47.7 Å². The molecule has 2 unspecified atom stereocenters. The summed E-state index contributed by atoms with van der Waals surface area (Å²) in [5, 5.41) is 19.6. The number of non-ortho nitro benzene ring substituents is 1. The van der Waals surface area contributed by atoms with Crippen molar-refractivity contribution in [2.24, 2.45) is 11.8 Å². The smallest absolute Gasteiger partial charge is 0.303 e. The molecule has 1 aromatic rings. The van der Waals surface area contributed by atoms with Crippen molar-refractivity contribution in [3.63, 3.8) is 0 Å². The van der Waals surface area contributed by atoms with E-state index in [-0.39, 0.29) is 30.2 Å². The predicted octanol–water partition coefficient (Wildman–Crippen LogP) is 3.94. The minimum atomic E-state index is -3.57. The molecule has 2 aliphatic carbocycles. The molecule has 2 aliphatic rings. The van der Waals surface area contributed by atoms with Crippen LogP contribution in [-0.4, -0.2) is 30.2 Å². The fourth-order valence-corrected chi connectivity index (χ4v) is 5.70. The Hall–Kier alpha value is -2.68. The van der Waals surface area contributed by atoms with Crippen molar-refractivity contribution < 1.29 is 23.2 Å². The van der Waals surface area contributed by atoms with Gasteiger partial charge in [0.2, 0.25) is 10.0 Å². The Morgan fingerprint density at radius 2 is 2.03 bits per heavy atom. The van der Waals surface area contributed by atoms with Gasteiger partial charge in [0.25, 0.3) is 5.69 Å². The lowest BCUT2D eigenvalue weighted by Crippen LogP contribution is -2.30. The number of carbonyl (C=O) groups is 1. The van der Waals surface area contributed by atoms with Crippen LogP contribution in [0.25, 0.3) is 0 Å². The summed E-state index contributed by atoms with van der Waals surface area (Å²) in [5.74, 6) is -0.282. The summed E-state index contributed by atoms with van der Waals surface area (Å²) in [6.45, 7) is 0. The van der Waals surface area contributed by atoms with Crippen LogP contribution < -0.4 is 4.72 Å². The minimum Gasteiger partial charge on any atom is -0.481 e. The Morgan fingerprint density at radius 3 is 2.77 bits per heavy atom. The number of carboxylic acids is 1. The van der Waals surface area contributed by atoms with Crippen LogP contribution in [-0.2, 0) is 21.2 Å². The van der Waals surface area contributed by atoms with Gasteiger partial charge in [-0.1, -0.05) is 24.3 Å². The van der Waals surface area contributed by atoms with Gasteiger partial charge in [0.05, 0.1) is 10.7 Å². The molecular weight excluding hydrogens is 420 g/mol. The van der Waals surface area contributed by atoms with Crippen molar-refractivity contribution in [1.29, 1.82) is 0 Å². The summed E-state index contributed by atoms with van der Waals surface area (Å²) >= 11 is 0. The first kappa shape index (κ1) is 23.0. The standard InChI is InChI=1S/C22H28N2O6S/c25-21(26)9-4-2-1-3-8-20-17-10-11-18(15-17)22(20)23-31(29,30)13-12-16-6-5-7-19(14-16)24(27)28/h1,3,5-7,14,17-18,23H,2,4,8-13,15H2,(H,25,26). The van der Waals surface area contributed by atoms with Crippen LogP contribution in [0.4, 0.5) is 5.69 Å². The van der Waals surface area contributed by atoms with Crippen LogP contribution in [0.3, 0.4) is 0 Å². The average Bonchev–Trinajstić information content (AvgIpc) is 3.31. The van der Waals surface area contributed by atoms with E-state index in [1.807, 2.05) is 12.2 Å². The number of benzene rings is 1. The highest BCUT2D eigenvalue weighted by Gasteiger charge is 2.39. The highest BCUT2D eigenvalue weighted by Crippen LogP contribution is 2.49. The van der Waals surface area contributed by atoms with Gasteiger partial charge < -0.3 is 5.11 Å². The van der Waals surface area contributed by atoms with Crippen molar-refractivity contribution in [2.75, 3.05) is 5.75 Å². The van der Waals surface area contributed by atoms with Crippen LogP contribution >= 0.6 is 0 Å². The highest BCUT2D eigenvalue weighted by atomic mass is 32.2. The number of nitrogens with zero attached hydrogens (tertiary/aromatic N) is 1. The molecule has 2 N–H and O–H groups in total.